The van der Waals surface area contributed by atoms with Crippen LogP contribution in [-0.2, 0) is 32.0 Å². The van der Waals surface area contributed by atoms with Crippen molar-refractivity contribution < 1.29 is 24.2 Å². The Labute approximate surface area is 223 Å². The zero-order valence-electron chi connectivity index (χ0n) is 22.5. The molecule has 2 aliphatic rings. The van der Waals surface area contributed by atoms with Crippen LogP contribution in [0.4, 0.5) is 11.6 Å². The highest BCUT2D eigenvalue weighted by molar-refractivity contribution is 5.82. The van der Waals surface area contributed by atoms with Crippen LogP contribution in [0.5, 0.6) is 0 Å². The van der Waals surface area contributed by atoms with E-state index in [0.717, 1.165) is 50.2 Å². The number of nitrogens with one attached hydrogen (secondary N) is 1. The maximum absolute atomic E-state index is 12.0. The first-order chi connectivity index (χ1) is 18.2. The number of aromatic nitrogens is 3. The summed E-state index contributed by atoms with van der Waals surface area (Å²) in [5, 5.41) is 12.7. The minimum absolute atomic E-state index is 0.00664. The van der Waals surface area contributed by atoms with Gasteiger partial charge in [-0.15, -0.1) is 0 Å². The quantitative estimate of drug-likeness (QED) is 0.446. The van der Waals surface area contributed by atoms with Gasteiger partial charge in [-0.25, -0.2) is 9.97 Å². The monoisotopic (exact) mass is 523 g/mol. The first-order valence-corrected chi connectivity index (χ1v) is 13.4. The fraction of sp³-hybridized carbons (Fsp3) is 0.571. The van der Waals surface area contributed by atoms with E-state index in [-0.39, 0.29) is 25.4 Å². The summed E-state index contributed by atoms with van der Waals surface area (Å²) in [7, 11) is 0. The Hall–Kier alpha value is -3.56. The van der Waals surface area contributed by atoms with Crippen molar-refractivity contribution in [3.05, 3.63) is 40.5 Å². The topological polar surface area (TPSA) is 135 Å². The van der Waals surface area contributed by atoms with Gasteiger partial charge in [-0.2, -0.15) is 0 Å². The van der Waals surface area contributed by atoms with Gasteiger partial charge in [0.2, 0.25) is 0 Å². The van der Waals surface area contributed by atoms with E-state index in [4.69, 9.17) is 14.7 Å². The van der Waals surface area contributed by atoms with Gasteiger partial charge in [0.25, 0.3) is 0 Å². The molecule has 1 fully saturated rings. The molecular formula is C28H37N5O5. The maximum atomic E-state index is 12.0. The van der Waals surface area contributed by atoms with E-state index >= 15 is 0 Å². The standard InChI is InChI=1S/C28H37N5O5/c1-17(34)16-38-25(35)14-22(28(36)37)15-29-26-18(2)27(31-19(3)30-26)33-12-10-21(11-13-33)24-9-8-20-6-4-5-7-23(20)32-24/h8-9,21-22H,4-7,10-16H2,1-3H3,(H,36,37)(H,29,30,31). The zero-order chi connectivity index (χ0) is 27.2. The van der Waals surface area contributed by atoms with Gasteiger partial charge in [-0.05, 0) is 70.9 Å². The molecule has 0 spiro atoms. The number of hydrogen-bond donors (Lipinski definition) is 2. The summed E-state index contributed by atoms with van der Waals surface area (Å²) < 4.78 is 4.83. The average Bonchev–Trinajstić information content (AvgIpc) is 2.91. The van der Waals surface area contributed by atoms with Crippen LogP contribution in [0.3, 0.4) is 0 Å². The van der Waals surface area contributed by atoms with Crippen LogP contribution in [0.25, 0.3) is 0 Å². The molecule has 0 radical (unpaired) electrons. The molecule has 1 aliphatic carbocycles. The van der Waals surface area contributed by atoms with E-state index in [1.807, 2.05) is 13.8 Å². The highest BCUT2D eigenvalue weighted by Gasteiger charge is 2.27. The predicted octanol–water partition coefficient (Wildman–Crippen LogP) is 3.39. The molecular weight excluding hydrogens is 486 g/mol. The normalized spacial score (nSPS) is 16.4. The van der Waals surface area contributed by atoms with E-state index in [1.54, 1.807) is 0 Å². The summed E-state index contributed by atoms with van der Waals surface area (Å²) in [6, 6.07) is 4.48. The SMILES string of the molecule is CC(=O)COC(=O)CC(CNc1nc(C)nc(N2CCC(c3ccc4c(n3)CCCC4)CC2)c1C)C(=O)O. The Morgan fingerprint density at radius 2 is 1.84 bits per heavy atom. The number of piperidine rings is 1. The molecule has 2 aromatic rings. The molecule has 2 N–H and O–H groups in total. The number of aryl methyl sites for hydroxylation is 3. The molecule has 1 unspecified atom stereocenters. The lowest BCUT2D eigenvalue weighted by Gasteiger charge is -2.34. The highest BCUT2D eigenvalue weighted by Crippen LogP contribution is 2.33. The first kappa shape index (κ1) is 27.5. The third kappa shape index (κ3) is 6.85. The van der Waals surface area contributed by atoms with Gasteiger partial charge < -0.3 is 20.1 Å². The predicted molar refractivity (Wildman–Crippen MR) is 142 cm³/mol. The fourth-order valence-electron chi connectivity index (χ4n) is 5.22. The number of carboxylic acids is 1. The minimum Gasteiger partial charge on any atom is -0.481 e. The number of carbonyl (C=O) groups is 3. The largest absolute Gasteiger partial charge is 0.481 e. The number of fused-ring (bicyclic) bond motifs is 1. The number of Topliss-reactive ketones (excluding diaryl/α,β-unsaturated/α-hetero) is 1. The Balaban J connectivity index is 1.39. The lowest BCUT2D eigenvalue weighted by molar-refractivity contribution is -0.152. The number of ketones is 1. The maximum Gasteiger partial charge on any atom is 0.308 e. The Morgan fingerprint density at radius 1 is 1.11 bits per heavy atom. The van der Waals surface area contributed by atoms with Crippen LogP contribution in [0.15, 0.2) is 12.1 Å². The van der Waals surface area contributed by atoms with Gasteiger partial charge in [-0.1, -0.05) is 6.07 Å². The number of pyridine rings is 1. The van der Waals surface area contributed by atoms with Gasteiger partial charge in [0, 0.05) is 42.5 Å². The minimum atomic E-state index is -1.13. The van der Waals surface area contributed by atoms with E-state index in [1.165, 1.54) is 36.7 Å². The van der Waals surface area contributed by atoms with Crippen LogP contribution in [0.2, 0.25) is 0 Å². The number of hydrogen-bond acceptors (Lipinski definition) is 9. The number of rotatable bonds is 10. The number of nitrogens with zero attached hydrogens (tertiary/aromatic N) is 4. The van der Waals surface area contributed by atoms with E-state index in [9.17, 15) is 19.5 Å². The van der Waals surface area contributed by atoms with Gasteiger partial charge >= 0.3 is 11.9 Å². The summed E-state index contributed by atoms with van der Waals surface area (Å²) in [6.07, 6.45) is 6.34. The van der Waals surface area contributed by atoms with E-state index in [0.29, 0.717) is 17.6 Å². The van der Waals surface area contributed by atoms with Crippen molar-refractivity contribution in [2.45, 2.75) is 71.6 Å². The lowest BCUT2D eigenvalue weighted by Crippen LogP contribution is -2.35. The van der Waals surface area contributed by atoms with Crippen molar-refractivity contribution in [1.29, 1.82) is 0 Å². The van der Waals surface area contributed by atoms with Crippen LogP contribution < -0.4 is 10.2 Å². The molecule has 0 saturated carbocycles. The molecule has 1 atom stereocenters. The highest BCUT2D eigenvalue weighted by atomic mass is 16.5. The first-order valence-electron chi connectivity index (χ1n) is 13.4. The second-order valence-corrected chi connectivity index (χ2v) is 10.4. The number of carbonyl (C=O) groups excluding carboxylic acids is 2. The Bertz CT molecular complexity index is 1190. The number of ether oxygens (including phenoxy) is 1. The van der Waals surface area contributed by atoms with Crippen LogP contribution >= 0.6 is 0 Å². The van der Waals surface area contributed by atoms with Crippen molar-refractivity contribution in [3.63, 3.8) is 0 Å². The van der Waals surface area contributed by atoms with Crippen LogP contribution in [0.1, 0.15) is 73.3 Å². The second-order valence-electron chi connectivity index (χ2n) is 10.4. The molecule has 4 rings (SSSR count). The smallest absolute Gasteiger partial charge is 0.308 e. The molecule has 10 nitrogen and oxygen atoms in total. The molecule has 1 aliphatic heterocycles. The van der Waals surface area contributed by atoms with Crippen molar-refractivity contribution in [2.24, 2.45) is 5.92 Å². The molecule has 1 saturated heterocycles. The summed E-state index contributed by atoms with van der Waals surface area (Å²) in [5.74, 6) is -0.768. The van der Waals surface area contributed by atoms with Crippen LogP contribution in [0, 0.1) is 19.8 Å². The third-order valence-corrected chi connectivity index (χ3v) is 7.36. The Kier molecular flexibility index (Phi) is 8.91. The molecule has 204 valence electrons. The Morgan fingerprint density at radius 3 is 2.55 bits per heavy atom. The van der Waals surface area contributed by atoms with Crippen molar-refractivity contribution >= 4 is 29.4 Å². The van der Waals surface area contributed by atoms with Gasteiger partial charge in [-0.3, -0.25) is 19.4 Å². The van der Waals surface area contributed by atoms with Crippen molar-refractivity contribution in [1.82, 2.24) is 15.0 Å². The molecule has 2 aromatic heterocycles. The average molecular weight is 524 g/mol. The van der Waals surface area contributed by atoms with E-state index < -0.39 is 17.9 Å². The second kappa shape index (κ2) is 12.3. The molecule has 3 heterocycles. The molecule has 0 amide bonds. The fourth-order valence-corrected chi connectivity index (χ4v) is 5.22. The molecule has 38 heavy (non-hydrogen) atoms. The number of carboxylic acid groups (broad SMARTS) is 1. The van der Waals surface area contributed by atoms with E-state index in [2.05, 4.69) is 27.3 Å². The number of aliphatic carboxylic acids is 1. The van der Waals surface area contributed by atoms with Gasteiger partial charge in [0.1, 0.15) is 24.1 Å². The molecule has 10 heteroatoms. The third-order valence-electron chi connectivity index (χ3n) is 7.36. The summed E-state index contributed by atoms with van der Waals surface area (Å²) in [5.41, 5.74) is 4.72. The lowest BCUT2D eigenvalue weighted by atomic mass is 9.90. The van der Waals surface area contributed by atoms with Crippen molar-refractivity contribution in [2.75, 3.05) is 36.5 Å². The summed E-state index contributed by atoms with van der Waals surface area (Å²) in [4.78, 5) is 51.2. The molecule has 0 bridgehead atoms. The van der Waals surface area contributed by atoms with Gasteiger partial charge in [0.15, 0.2) is 5.78 Å². The van der Waals surface area contributed by atoms with Crippen molar-refractivity contribution in [3.8, 4) is 0 Å². The molecule has 0 aromatic carbocycles. The summed E-state index contributed by atoms with van der Waals surface area (Å²) >= 11 is 0. The van der Waals surface area contributed by atoms with Crippen LogP contribution in [-0.4, -0.2) is 64.0 Å². The zero-order valence-corrected chi connectivity index (χ0v) is 22.5. The number of esters is 1. The van der Waals surface area contributed by atoms with Gasteiger partial charge in [0.05, 0.1) is 12.3 Å². The number of anilines is 2. The summed E-state index contributed by atoms with van der Waals surface area (Å²) in [6.45, 7) is 6.37.